The number of rotatable bonds is 2. The van der Waals surface area contributed by atoms with Gasteiger partial charge in [0.25, 0.3) is 0 Å². The van der Waals surface area contributed by atoms with E-state index >= 15 is 0 Å². The molecule has 4 rings (SSSR count). The van der Waals surface area contributed by atoms with Crippen molar-refractivity contribution in [1.29, 1.82) is 0 Å². The van der Waals surface area contributed by atoms with Crippen LogP contribution in [-0.2, 0) is 11.2 Å². The largest absolute Gasteiger partial charge is 0.480 e. The summed E-state index contributed by atoms with van der Waals surface area (Å²) in [4.78, 5) is 15.7. The molecule has 3 aliphatic rings. The van der Waals surface area contributed by atoms with Crippen molar-refractivity contribution in [3.05, 3.63) is 21.9 Å². The van der Waals surface area contributed by atoms with Crippen molar-refractivity contribution in [3.8, 4) is 0 Å². The Morgan fingerprint density at radius 3 is 2.95 bits per heavy atom. The predicted molar refractivity (Wildman–Crippen MR) is 83.6 cm³/mol. The highest BCUT2D eigenvalue weighted by Crippen LogP contribution is 2.48. The van der Waals surface area contributed by atoms with Crippen molar-refractivity contribution in [1.82, 2.24) is 4.90 Å². The zero-order valence-electron chi connectivity index (χ0n) is 12.3. The molecule has 2 heterocycles. The molecule has 21 heavy (non-hydrogen) atoms. The third-order valence-corrected chi connectivity index (χ3v) is 6.80. The quantitative estimate of drug-likeness (QED) is 0.902. The second kappa shape index (κ2) is 5.40. The lowest BCUT2D eigenvalue weighted by molar-refractivity contribution is -0.143. The van der Waals surface area contributed by atoms with Gasteiger partial charge in [-0.3, -0.25) is 9.69 Å². The minimum atomic E-state index is -0.605. The topological polar surface area (TPSA) is 40.5 Å². The summed E-state index contributed by atoms with van der Waals surface area (Å²) in [6.45, 7) is 0. The average Bonchev–Trinajstić information content (AvgIpc) is 3.11. The van der Waals surface area contributed by atoms with Gasteiger partial charge in [-0.25, -0.2) is 0 Å². The lowest BCUT2D eigenvalue weighted by Crippen LogP contribution is -2.45. The van der Waals surface area contributed by atoms with Gasteiger partial charge in [0.15, 0.2) is 0 Å². The van der Waals surface area contributed by atoms with Crippen LogP contribution in [-0.4, -0.2) is 28.1 Å². The molecule has 2 fully saturated rings. The van der Waals surface area contributed by atoms with Gasteiger partial charge in [-0.15, -0.1) is 11.3 Å². The molecule has 1 saturated carbocycles. The van der Waals surface area contributed by atoms with Crippen LogP contribution in [0.1, 0.15) is 61.4 Å². The third-order valence-electron chi connectivity index (χ3n) is 5.80. The van der Waals surface area contributed by atoms with Crippen molar-refractivity contribution in [2.75, 3.05) is 0 Å². The fraction of sp³-hybridized carbons (Fsp3) is 0.706. The fourth-order valence-corrected chi connectivity index (χ4v) is 5.92. The third kappa shape index (κ3) is 2.23. The number of carboxylic acids is 1. The first-order valence-corrected chi connectivity index (χ1v) is 9.20. The molecule has 4 atom stereocenters. The van der Waals surface area contributed by atoms with E-state index < -0.39 is 5.97 Å². The van der Waals surface area contributed by atoms with Gasteiger partial charge in [0.2, 0.25) is 0 Å². The van der Waals surface area contributed by atoms with Gasteiger partial charge in [0.1, 0.15) is 6.04 Å². The highest BCUT2D eigenvalue weighted by atomic mass is 32.1. The van der Waals surface area contributed by atoms with Crippen molar-refractivity contribution in [2.24, 2.45) is 5.92 Å². The van der Waals surface area contributed by atoms with Gasteiger partial charge in [-0.1, -0.05) is 12.8 Å². The Balaban J connectivity index is 1.70. The molecule has 1 aliphatic heterocycles. The lowest BCUT2D eigenvalue weighted by Gasteiger charge is -2.40. The molecule has 0 bridgehead atoms. The van der Waals surface area contributed by atoms with E-state index in [-0.39, 0.29) is 6.04 Å². The zero-order valence-corrected chi connectivity index (χ0v) is 13.1. The summed E-state index contributed by atoms with van der Waals surface area (Å²) in [6, 6.07) is 2.86. The molecule has 0 amide bonds. The standard InChI is InChI=1S/C17H23NO2S/c19-17(20)15-10-11-4-1-2-5-13(11)18(15)14-6-3-7-16-12(14)8-9-21-16/h8-9,11,13-15H,1-7,10H2,(H,19,20). The number of thiophene rings is 1. The molecule has 4 heteroatoms. The maximum Gasteiger partial charge on any atom is 0.320 e. The van der Waals surface area contributed by atoms with E-state index in [1.54, 1.807) is 0 Å². The molecule has 1 N–H and O–H groups in total. The molecule has 2 aliphatic carbocycles. The van der Waals surface area contributed by atoms with Gasteiger partial charge in [-0.2, -0.15) is 0 Å². The first-order chi connectivity index (χ1) is 10.3. The number of carbonyl (C=O) groups is 1. The number of nitrogens with zero attached hydrogens (tertiary/aromatic N) is 1. The van der Waals surface area contributed by atoms with Crippen molar-refractivity contribution in [2.45, 2.75) is 69.5 Å². The van der Waals surface area contributed by atoms with Gasteiger partial charge in [-0.05, 0) is 61.5 Å². The Labute approximate surface area is 130 Å². The summed E-state index contributed by atoms with van der Waals surface area (Å²) in [6.07, 6.45) is 9.38. The van der Waals surface area contributed by atoms with E-state index in [2.05, 4.69) is 16.3 Å². The first-order valence-electron chi connectivity index (χ1n) is 8.32. The number of hydrogen-bond donors (Lipinski definition) is 1. The average molecular weight is 305 g/mol. The van der Waals surface area contributed by atoms with Crippen LogP contribution in [0.3, 0.4) is 0 Å². The molecular formula is C17H23NO2S. The van der Waals surface area contributed by atoms with E-state index in [4.69, 9.17) is 0 Å². The second-order valence-corrected chi connectivity index (χ2v) is 7.86. The fourth-order valence-electron chi connectivity index (χ4n) is 4.94. The monoisotopic (exact) mass is 305 g/mol. The van der Waals surface area contributed by atoms with Crippen LogP contribution in [0.25, 0.3) is 0 Å². The molecule has 0 spiro atoms. The van der Waals surface area contributed by atoms with Crippen LogP contribution >= 0.6 is 11.3 Å². The number of carboxylic acid groups (broad SMARTS) is 1. The van der Waals surface area contributed by atoms with E-state index in [1.165, 1.54) is 49.0 Å². The van der Waals surface area contributed by atoms with Crippen LogP contribution in [0.4, 0.5) is 0 Å². The van der Waals surface area contributed by atoms with Crippen molar-refractivity contribution in [3.63, 3.8) is 0 Å². The van der Waals surface area contributed by atoms with Crippen molar-refractivity contribution < 1.29 is 9.90 Å². The lowest BCUT2D eigenvalue weighted by atomic mass is 9.83. The molecular weight excluding hydrogens is 282 g/mol. The number of aliphatic carboxylic acids is 1. The zero-order chi connectivity index (χ0) is 14.4. The van der Waals surface area contributed by atoms with Crippen LogP contribution in [0.2, 0.25) is 0 Å². The summed E-state index contributed by atoms with van der Waals surface area (Å²) in [7, 11) is 0. The van der Waals surface area contributed by atoms with E-state index in [1.807, 2.05) is 11.3 Å². The molecule has 3 nitrogen and oxygen atoms in total. The number of hydrogen-bond acceptors (Lipinski definition) is 3. The van der Waals surface area contributed by atoms with Crippen LogP contribution in [0.15, 0.2) is 11.4 Å². The van der Waals surface area contributed by atoms with E-state index in [9.17, 15) is 9.90 Å². The van der Waals surface area contributed by atoms with Gasteiger partial charge in [0, 0.05) is 17.0 Å². The number of fused-ring (bicyclic) bond motifs is 2. The van der Waals surface area contributed by atoms with Gasteiger partial charge < -0.3 is 5.11 Å². The molecule has 1 aromatic rings. The second-order valence-electron chi connectivity index (χ2n) is 6.86. The SMILES string of the molecule is O=C(O)C1CC2CCCCC2N1C1CCCc2sccc21. The Bertz CT molecular complexity index is 541. The molecule has 4 unspecified atom stereocenters. The Kier molecular flexibility index (Phi) is 3.54. The van der Waals surface area contributed by atoms with Gasteiger partial charge in [0.05, 0.1) is 0 Å². The minimum absolute atomic E-state index is 0.256. The molecule has 0 radical (unpaired) electrons. The van der Waals surface area contributed by atoms with Crippen molar-refractivity contribution >= 4 is 17.3 Å². The summed E-state index contributed by atoms with van der Waals surface area (Å²) in [5, 5.41) is 11.9. The highest BCUT2D eigenvalue weighted by Gasteiger charge is 2.48. The van der Waals surface area contributed by atoms with Crippen LogP contribution < -0.4 is 0 Å². The number of aryl methyl sites for hydroxylation is 1. The minimum Gasteiger partial charge on any atom is -0.480 e. The Hall–Kier alpha value is -0.870. The van der Waals surface area contributed by atoms with E-state index in [0.29, 0.717) is 18.0 Å². The highest BCUT2D eigenvalue weighted by molar-refractivity contribution is 7.10. The summed E-state index contributed by atoms with van der Waals surface area (Å²) in [5.74, 6) is 0.00983. The normalized spacial score (nSPS) is 36.2. The Morgan fingerprint density at radius 2 is 2.10 bits per heavy atom. The maximum atomic E-state index is 11.8. The summed E-state index contributed by atoms with van der Waals surface area (Å²) in [5.41, 5.74) is 1.43. The molecule has 1 aromatic heterocycles. The molecule has 114 valence electrons. The molecule has 0 aromatic carbocycles. The Morgan fingerprint density at radius 1 is 1.24 bits per heavy atom. The maximum absolute atomic E-state index is 11.8. The van der Waals surface area contributed by atoms with Gasteiger partial charge >= 0.3 is 5.97 Å². The first kappa shape index (κ1) is 13.8. The molecule has 1 saturated heterocycles. The predicted octanol–water partition coefficient (Wildman–Crippen LogP) is 3.84. The van der Waals surface area contributed by atoms with Crippen LogP contribution in [0, 0.1) is 5.92 Å². The smallest absolute Gasteiger partial charge is 0.320 e. The summed E-state index contributed by atoms with van der Waals surface area (Å²) < 4.78 is 0. The number of likely N-dealkylation sites (tertiary alicyclic amines) is 1. The van der Waals surface area contributed by atoms with E-state index in [0.717, 1.165) is 12.8 Å². The summed E-state index contributed by atoms with van der Waals surface area (Å²) >= 11 is 1.85. The van der Waals surface area contributed by atoms with Crippen LogP contribution in [0.5, 0.6) is 0 Å².